The normalized spacial score (nSPS) is 13.3. The van der Waals surface area contributed by atoms with Crippen molar-refractivity contribution < 1.29 is 24.2 Å². The first kappa shape index (κ1) is 22.3. The van der Waals surface area contributed by atoms with Crippen molar-refractivity contribution in [2.75, 3.05) is 20.2 Å². The molecule has 31 heavy (non-hydrogen) atoms. The molecule has 0 saturated carbocycles. The Morgan fingerprint density at radius 1 is 1.03 bits per heavy atom. The number of carboxylic acids is 1. The molecule has 2 amide bonds. The van der Waals surface area contributed by atoms with Crippen LogP contribution in [0.1, 0.15) is 37.3 Å². The van der Waals surface area contributed by atoms with Crippen LogP contribution in [0.25, 0.3) is 11.1 Å². The number of hydrogen-bond acceptors (Lipinski definition) is 4. The van der Waals surface area contributed by atoms with Crippen molar-refractivity contribution in [3.63, 3.8) is 0 Å². The van der Waals surface area contributed by atoms with E-state index in [1.54, 1.807) is 0 Å². The molecule has 7 heteroatoms. The number of amides is 2. The third-order valence-electron chi connectivity index (χ3n) is 5.39. The van der Waals surface area contributed by atoms with Crippen LogP contribution in [0.15, 0.2) is 48.5 Å². The minimum absolute atomic E-state index is 0.0768. The number of carboxylic acid groups (broad SMARTS) is 1. The van der Waals surface area contributed by atoms with Crippen LogP contribution in [0, 0.1) is 5.92 Å². The summed E-state index contributed by atoms with van der Waals surface area (Å²) in [6.45, 7) is 3.57. The first-order valence-corrected chi connectivity index (χ1v) is 10.4. The Kier molecular flexibility index (Phi) is 6.95. The molecule has 1 aliphatic rings. The highest BCUT2D eigenvalue weighted by Crippen LogP contribution is 2.44. The zero-order valence-corrected chi connectivity index (χ0v) is 18.0. The molecule has 0 fully saturated rings. The van der Waals surface area contributed by atoms with E-state index in [0.717, 1.165) is 27.2 Å². The fourth-order valence-electron chi connectivity index (χ4n) is 4.02. The molecule has 2 N–H and O–H groups in total. The van der Waals surface area contributed by atoms with E-state index in [-0.39, 0.29) is 18.4 Å². The number of benzene rings is 2. The lowest BCUT2D eigenvalue weighted by atomic mass is 9.98. The van der Waals surface area contributed by atoms with E-state index in [9.17, 15) is 14.4 Å². The molecular formula is C24H28N2O5. The Morgan fingerprint density at radius 3 is 2.10 bits per heavy atom. The van der Waals surface area contributed by atoms with Crippen molar-refractivity contribution in [3.05, 3.63) is 59.7 Å². The van der Waals surface area contributed by atoms with Gasteiger partial charge in [0.25, 0.3) is 0 Å². The Labute approximate surface area is 182 Å². The number of nitrogens with one attached hydrogen (secondary N) is 1. The highest BCUT2D eigenvalue weighted by Gasteiger charge is 2.30. The number of carbonyl (C=O) groups is 3. The quantitative estimate of drug-likeness (QED) is 0.676. The van der Waals surface area contributed by atoms with Crippen LogP contribution in [0.5, 0.6) is 0 Å². The van der Waals surface area contributed by atoms with Crippen molar-refractivity contribution in [1.29, 1.82) is 0 Å². The highest BCUT2D eigenvalue weighted by atomic mass is 16.5. The van der Waals surface area contributed by atoms with Crippen molar-refractivity contribution >= 4 is 18.0 Å². The molecule has 0 bridgehead atoms. The molecule has 0 spiro atoms. The number of alkyl carbamates (subject to hydrolysis) is 1. The van der Waals surface area contributed by atoms with Gasteiger partial charge in [-0.25, -0.2) is 4.79 Å². The second-order valence-corrected chi connectivity index (χ2v) is 8.24. The second kappa shape index (κ2) is 9.64. The van der Waals surface area contributed by atoms with Gasteiger partial charge < -0.3 is 20.1 Å². The number of ether oxygens (including phenoxy) is 1. The zero-order valence-electron chi connectivity index (χ0n) is 18.0. The topological polar surface area (TPSA) is 95.9 Å². The number of fused-ring (bicyclic) bond motifs is 3. The van der Waals surface area contributed by atoms with Crippen LogP contribution in [0.3, 0.4) is 0 Å². The van der Waals surface area contributed by atoms with E-state index >= 15 is 0 Å². The minimum atomic E-state index is -1.11. The van der Waals surface area contributed by atoms with Gasteiger partial charge in [-0.3, -0.25) is 9.59 Å². The predicted octanol–water partition coefficient (Wildman–Crippen LogP) is 3.48. The lowest BCUT2D eigenvalue weighted by molar-refractivity contribution is -0.144. The average molecular weight is 424 g/mol. The van der Waals surface area contributed by atoms with E-state index in [1.165, 1.54) is 7.05 Å². The lowest BCUT2D eigenvalue weighted by Gasteiger charge is -2.25. The van der Waals surface area contributed by atoms with Crippen LogP contribution in [0.4, 0.5) is 4.79 Å². The number of carbonyl (C=O) groups excluding carboxylic acids is 2. The predicted molar refractivity (Wildman–Crippen MR) is 117 cm³/mol. The molecule has 2 aromatic carbocycles. The molecule has 1 aliphatic carbocycles. The smallest absolute Gasteiger partial charge is 0.407 e. The van der Waals surface area contributed by atoms with E-state index < -0.39 is 30.6 Å². The maximum atomic E-state index is 12.6. The van der Waals surface area contributed by atoms with E-state index in [2.05, 4.69) is 17.4 Å². The van der Waals surface area contributed by atoms with Gasteiger partial charge in [0.2, 0.25) is 5.91 Å². The summed E-state index contributed by atoms with van der Waals surface area (Å²) in [6, 6.07) is 15.2. The van der Waals surface area contributed by atoms with Crippen LogP contribution in [0.2, 0.25) is 0 Å². The third kappa shape index (κ3) is 5.23. The zero-order chi connectivity index (χ0) is 22.5. The second-order valence-electron chi connectivity index (χ2n) is 8.24. The number of hydrogen-bond donors (Lipinski definition) is 2. The molecular weight excluding hydrogens is 396 g/mol. The summed E-state index contributed by atoms with van der Waals surface area (Å²) in [6.07, 6.45) is -0.308. The largest absolute Gasteiger partial charge is 0.480 e. The van der Waals surface area contributed by atoms with Gasteiger partial charge in [-0.2, -0.15) is 0 Å². The fraction of sp³-hybridized carbons (Fsp3) is 0.375. The molecule has 0 aliphatic heterocycles. The van der Waals surface area contributed by atoms with Gasteiger partial charge in [0.15, 0.2) is 0 Å². The first-order chi connectivity index (χ1) is 14.8. The maximum Gasteiger partial charge on any atom is 0.407 e. The van der Waals surface area contributed by atoms with Gasteiger partial charge in [0.1, 0.15) is 19.2 Å². The standard InChI is InChI=1S/C24H28N2O5/c1-15(2)12-21(23(29)26(3)13-22(27)28)25-24(30)31-14-20-18-10-6-4-8-16(18)17-9-5-7-11-19(17)20/h4-11,15,20-21H,12-14H2,1-3H3,(H,25,30)(H,27,28). The summed E-state index contributed by atoms with van der Waals surface area (Å²) >= 11 is 0. The number of aliphatic carboxylic acids is 1. The third-order valence-corrected chi connectivity index (χ3v) is 5.39. The highest BCUT2D eigenvalue weighted by molar-refractivity contribution is 5.88. The number of rotatable bonds is 8. The molecule has 0 radical (unpaired) electrons. The fourth-order valence-corrected chi connectivity index (χ4v) is 4.02. The number of likely N-dealkylation sites (N-methyl/N-ethyl adjacent to an activating group) is 1. The summed E-state index contributed by atoms with van der Waals surface area (Å²) < 4.78 is 5.53. The van der Waals surface area contributed by atoms with E-state index in [0.29, 0.717) is 6.42 Å². The molecule has 0 saturated heterocycles. The summed E-state index contributed by atoms with van der Waals surface area (Å²) in [5, 5.41) is 11.6. The average Bonchev–Trinajstić information content (AvgIpc) is 3.04. The van der Waals surface area contributed by atoms with Gasteiger partial charge in [0.05, 0.1) is 0 Å². The van der Waals surface area contributed by atoms with Crippen LogP contribution in [-0.2, 0) is 14.3 Å². The molecule has 164 valence electrons. The van der Waals surface area contributed by atoms with Crippen LogP contribution >= 0.6 is 0 Å². The molecule has 3 rings (SSSR count). The van der Waals surface area contributed by atoms with Gasteiger partial charge in [0, 0.05) is 13.0 Å². The first-order valence-electron chi connectivity index (χ1n) is 10.4. The minimum Gasteiger partial charge on any atom is -0.480 e. The van der Waals surface area contributed by atoms with Gasteiger partial charge in [-0.05, 0) is 34.6 Å². The molecule has 1 atom stereocenters. The van der Waals surface area contributed by atoms with Gasteiger partial charge in [-0.15, -0.1) is 0 Å². The molecule has 7 nitrogen and oxygen atoms in total. The van der Waals surface area contributed by atoms with Crippen LogP contribution in [-0.4, -0.2) is 54.2 Å². The molecule has 1 unspecified atom stereocenters. The summed E-state index contributed by atoms with van der Waals surface area (Å²) in [5.74, 6) is -1.52. The Bertz CT molecular complexity index is 926. The summed E-state index contributed by atoms with van der Waals surface area (Å²) in [4.78, 5) is 37.2. The summed E-state index contributed by atoms with van der Waals surface area (Å²) in [7, 11) is 1.41. The van der Waals surface area contributed by atoms with Gasteiger partial charge >= 0.3 is 12.1 Å². The van der Waals surface area contributed by atoms with Crippen molar-refractivity contribution in [1.82, 2.24) is 10.2 Å². The van der Waals surface area contributed by atoms with Crippen molar-refractivity contribution in [2.45, 2.75) is 32.2 Å². The lowest BCUT2D eigenvalue weighted by Crippen LogP contribution is -2.49. The molecule has 0 aromatic heterocycles. The summed E-state index contributed by atoms with van der Waals surface area (Å²) in [5.41, 5.74) is 4.48. The van der Waals surface area contributed by atoms with E-state index in [4.69, 9.17) is 9.84 Å². The Morgan fingerprint density at radius 2 is 1.58 bits per heavy atom. The Hall–Kier alpha value is -3.35. The SMILES string of the molecule is CC(C)CC(NC(=O)OCC1c2ccccc2-c2ccccc21)C(=O)N(C)CC(=O)O. The Balaban J connectivity index is 1.68. The van der Waals surface area contributed by atoms with Crippen LogP contribution < -0.4 is 5.32 Å². The molecule has 2 aromatic rings. The monoisotopic (exact) mass is 424 g/mol. The number of nitrogens with zero attached hydrogens (tertiary/aromatic N) is 1. The van der Waals surface area contributed by atoms with Crippen molar-refractivity contribution in [2.24, 2.45) is 5.92 Å². The maximum absolute atomic E-state index is 12.6. The van der Waals surface area contributed by atoms with Gasteiger partial charge in [-0.1, -0.05) is 62.4 Å². The van der Waals surface area contributed by atoms with Crippen molar-refractivity contribution in [3.8, 4) is 11.1 Å². The molecule has 0 heterocycles. The van der Waals surface area contributed by atoms with E-state index in [1.807, 2.05) is 50.2 Å².